The number of hydrogen-bond donors (Lipinski definition) is 1. The van der Waals surface area contributed by atoms with Crippen LogP contribution in [0.4, 0.5) is 5.69 Å². The van der Waals surface area contributed by atoms with Gasteiger partial charge in [-0.05, 0) is 44.2 Å². The second-order valence-corrected chi connectivity index (χ2v) is 8.38. The van der Waals surface area contributed by atoms with Crippen molar-refractivity contribution in [2.75, 3.05) is 18.5 Å². The zero-order valence-corrected chi connectivity index (χ0v) is 16.6. The van der Waals surface area contributed by atoms with Crippen LogP contribution in [0.5, 0.6) is 0 Å². The predicted octanol–water partition coefficient (Wildman–Crippen LogP) is 3.08. The van der Waals surface area contributed by atoms with Gasteiger partial charge in [0.05, 0.1) is 12.5 Å². The summed E-state index contributed by atoms with van der Waals surface area (Å²) >= 11 is 0. The Hall–Kier alpha value is -2.37. The number of amides is 2. The number of benzene rings is 1. The molecular formula is C22H28N2O4. The molecule has 1 aromatic carbocycles. The number of carbonyl (C=O) groups is 3. The smallest absolute Gasteiger partial charge is 0.311 e. The van der Waals surface area contributed by atoms with Crippen LogP contribution in [-0.4, -0.2) is 41.4 Å². The highest BCUT2D eigenvalue weighted by atomic mass is 16.5. The molecule has 4 rings (SSSR count). The van der Waals surface area contributed by atoms with Crippen molar-refractivity contribution in [3.8, 4) is 0 Å². The third kappa shape index (κ3) is 2.90. The van der Waals surface area contributed by atoms with Gasteiger partial charge in [0.15, 0.2) is 0 Å². The number of para-hydroxylation sites is 1. The number of anilines is 1. The van der Waals surface area contributed by atoms with Crippen molar-refractivity contribution in [3.05, 3.63) is 29.8 Å². The van der Waals surface area contributed by atoms with E-state index < -0.39 is 17.4 Å². The predicted molar refractivity (Wildman–Crippen MR) is 105 cm³/mol. The van der Waals surface area contributed by atoms with Crippen molar-refractivity contribution in [1.29, 1.82) is 0 Å². The molecule has 2 fully saturated rings. The van der Waals surface area contributed by atoms with Crippen LogP contribution in [0.1, 0.15) is 57.4 Å². The van der Waals surface area contributed by atoms with E-state index in [0.29, 0.717) is 12.3 Å². The van der Waals surface area contributed by atoms with Crippen LogP contribution in [-0.2, 0) is 19.1 Å². The van der Waals surface area contributed by atoms with E-state index in [1.807, 2.05) is 24.3 Å². The van der Waals surface area contributed by atoms with E-state index in [0.717, 1.165) is 36.9 Å². The van der Waals surface area contributed by atoms with Crippen molar-refractivity contribution in [2.24, 2.45) is 11.8 Å². The molecule has 150 valence electrons. The maximum atomic E-state index is 13.2. The fourth-order valence-electron chi connectivity index (χ4n) is 5.36. The lowest BCUT2D eigenvalue weighted by Gasteiger charge is -2.42. The molecule has 0 bridgehead atoms. The van der Waals surface area contributed by atoms with E-state index in [2.05, 4.69) is 5.32 Å². The fourth-order valence-corrected chi connectivity index (χ4v) is 5.36. The number of nitrogens with one attached hydrogen (secondary N) is 1. The summed E-state index contributed by atoms with van der Waals surface area (Å²) in [6.45, 7) is 4.08. The highest BCUT2D eigenvalue weighted by Gasteiger charge is 2.62. The summed E-state index contributed by atoms with van der Waals surface area (Å²) in [5, 5.41) is 2.96. The van der Waals surface area contributed by atoms with Crippen LogP contribution in [0.3, 0.4) is 0 Å². The highest BCUT2D eigenvalue weighted by molar-refractivity contribution is 6.05. The van der Waals surface area contributed by atoms with Gasteiger partial charge in [0, 0.05) is 24.6 Å². The summed E-state index contributed by atoms with van der Waals surface area (Å²) in [7, 11) is 0. The third-order valence-electron chi connectivity index (χ3n) is 6.78. The Bertz CT molecular complexity index is 801. The topological polar surface area (TPSA) is 75.7 Å². The average Bonchev–Trinajstić information content (AvgIpc) is 3.28. The number of esters is 1. The maximum absolute atomic E-state index is 13.2. The number of rotatable bonds is 4. The number of hydrogen-bond acceptors (Lipinski definition) is 4. The Morgan fingerprint density at radius 3 is 2.68 bits per heavy atom. The number of carbonyl (C=O) groups excluding carboxylic acids is 3. The second kappa shape index (κ2) is 7.22. The van der Waals surface area contributed by atoms with E-state index >= 15 is 0 Å². The summed E-state index contributed by atoms with van der Waals surface area (Å²) in [5.41, 5.74) is 0.537. The van der Waals surface area contributed by atoms with E-state index in [9.17, 15) is 14.4 Å². The van der Waals surface area contributed by atoms with Crippen LogP contribution in [0.15, 0.2) is 24.3 Å². The molecular weight excluding hydrogens is 356 g/mol. The van der Waals surface area contributed by atoms with E-state index in [1.54, 1.807) is 18.7 Å². The summed E-state index contributed by atoms with van der Waals surface area (Å²) in [4.78, 5) is 40.9. The maximum Gasteiger partial charge on any atom is 0.311 e. The summed E-state index contributed by atoms with van der Waals surface area (Å²) in [6.07, 6.45) is 4.91. The minimum atomic E-state index is -1.08. The standard InChI is InChI=1S/C22H28N2O4/c1-3-28-20(26)16-13-24(18(25)12-14-8-4-5-9-14)22(2)19(16)15-10-6-7-11-17(15)23-21(22)27/h6-7,10-11,14,16,19H,3-5,8-9,12-13H2,1-2H3,(H,23,27)/t16-,19+,22-/m0/s1. The Morgan fingerprint density at radius 1 is 1.25 bits per heavy atom. The summed E-state index contributed by atoms with van der Waals surface area (Å²) < 4.78 is 5.32. The second-order valence-electron chi connectivity index (χ2n) is 8.38. The molecule has 2 aliphatic heterocycles. The van der Waals surface area contributed by atoms with E-state index in [4.69, 9.17) is 4.74 Å². The molecule has 1 aromatic rings. The number of likely N-dealkylation sites (tertiary alicyclic amines) is 1. The van der Waals surface area contributed by atoms with Crippen LogP contribution in [0, 0.1) is 11.8 Å². The molecule has 28 heavy (non-hydrogen) atoms. The van der Waals surface area contributed by atoms with Crippen molar-refractivity contribution >= 4 is 23.5 Å². The molecule has 6 heteroatoms. The molecule has 6 nitrogen and oxygen atoms in total. The van der Waals surface area contributed by atoms with Crippen LogP contribution in [0.25, 0.3) is 0 Å². The molecule has 1 aliphatic carbocycles. The molecule has 1 saturated heterocycles. The van der Waals surface area contributed by atoms with Crippen LogP contribution < -0.4 is 5.32 Å². The van der Waals surface area contributed by atoms with Gasteiger partial charge in [0.25, 0.3) is 5.91 Å². The van der Waals surface area contributed by atoms with Gasteiger partial charge in [0.2, 0.25) is 5.91 Å². The minimum Gasteiger partial charge on any atom is -0.466 e. The largest absolute Gasteiger partial charge is 0.466 e. The van der Waals surface area contributed by atoms with Gasteiger partial charge in [0.1, 0.15) is 5.54 Å². The average molecular weight is 384 g/mol. The van der Waals surface area contributed by atoms with Gasteiger partial charge < -0.3 is 15.0 Å². The van der Waals surface area contributed by atoms with Crippen molar-refractivity contribution in [1.82, 2.24) is 4.90 Å². The first-order valence-corrected chi connectivity index (χ1v) is 10.3. The zero-order valence-electron chi connectivity index (χ0n) is 16.6. The van der Waals surface area contributed by atoms with Gasteiger partial charge in [-0.15, -0.1) is 0 Å². The molecule has 3 atom stereocenters. The van der Waals surface area contributed by atoms with Crippen molar-refractivity contribution < 1.29 is 19.1 Å². The normalized spacial score (nSPS) is 29.2. The van der Waals surface area contributed by atoms with Gasteiger partial charge in [-0.25, -0.2) is 0 Å². The van der Waals surface area contributed by atoms with Crippen LogP contribution in [0.2, 0.25) is 0 Å². The molecule has 1 saturated carbocycles. The SMILES string of the molecule is CCOC(=O)[C@H]1CN(C(=O)CC2CCCC2)[C@]2(C)C(=O)Nc3ccccc3[C@H]12. The van der Waals surface area contributed by atoms with E-state index in [-0.39, 0.29) is 30.9 Å². The Labute approximate surface area is 165 Å². The van der Waals surface area contributed by atoms with E-state index in [1.165, 1.54) is 0 Å². The molecule has 1 N–H and O–H groups in total. The van der Waals surface area contributed by atoms with Gasteiger partial charge in [-0.3, -0.25) is 14.4 Å². The van der Waals surface area contributed by atoms with Crippen LogP contribution >= 0.6 is 0 Å². The Kier molecular flexibility index (Phi) is 4.89. The van der Waals surface area contributed by atoms with Gasteiger partial charge in [-0.1, -0.05) is 31.0 Å². The molecule has 0 radical (unpaired) electrons. The summed E-state index contributed by atoms with van der Waals surface area (Å²) in [6, 6.07) is 7.55. The number of fused-ring (bicyclic) bond motifs is 3. The monoisotopic (exact) mass is 384 g/mol. The lowest BCUT2D eigenvalue weighted by Crippen LogP contribution is -2.58. The molecule has 2 heterocycles. The van der Waals surface area contributed by atoms with Crippen molar-refractivity contribution in [2.45, 2.75) is 57.4 Å². The van der Waals surface area contributed by atoms with Crippen molar-refractivity contribution in [3.63, 3.8) is 0 Å². The summed E-state index contributed by atoms with van der Waals surface area (Å²) in [5.74, 6) is -1.13. The zero-order chi connectivity index (χ0) is 19.9. The molecule has 2 amide bonds. The number of ether oxygens (including phenoxy) is 1. The lowest BCUT2D eigenvalue weighted by molar-refractivity contribution is -0.148. The molecule has 0 unspecified atom stereocenters. The first-order chi connectivity index (χ1) is 13.5. The van der Waals surface area contributed by atoms with Gasteiger partial charge >= 0.3 is 5.97 Å². The quantitative estimate of drug-likeness (QED) is 0.810. The number of nitrogens with zero attached hydrogens (tertiary/aromatic N) is 1. The molecule has 3 aliphatic rings. The third-order valence-corrected chi connectivity index (χ3v) is 6.78. The van der Waals surface area contributed by atoms with Gasteiger partial charge in [-0.2, -0.15) is 0 Å². The first-order valence-electron chi connectivity index (χ1n) is 10.3. The Morgan fingerprint density at radius 2 is 1.96 bits per heavy atom. The Balaban J connectivity index is 1.72. The minimum absolute atomic E-state index is 0.0271. The molecule has 0 spiro atoms. The first kappa shape index (κ1) is 19.0. The highest BCUT2D eigenvalue weighted by Crippen LogP contribution is 2.51. The molecule has 0 aromatic heterocycles. The lowest BCUT2D eigenvalue weighted by atomic mass is 9.72. The fraction of sp³-hybridized carbons (Fsp3) is 0.591.